The molecule has 2 aliphatic rings. The van der Waals surface area contributed by atoms with Crippen molar-refractivity contribution in [3.05, 3.63) is 41.6 Å². The lowest BCUT2D eigenvalue weighted by Gasteiger charge is -2.38. The molecule has 2 aliphatic heterocycles. The topological polar surface area (TPSA) is 60.2 Å². The number of aromatic nitrogens is 1. The number of likely N-dealkylation sites (tertiary alicyclic amines) is 2. The van der Waals surface area contributed by atoms with E-state index < -0.39 is 0 Å². The maximum atomic E-state index is 13.1. The van der Waals surface area contributed by atoms with E-state index in [-0.39, 0.29) is 0 Å². The number of nitrogens with zero attached hydrogens (tertiary/aromatic N) is 4. The number of carbonyl (C=O) groups excluding carboxylic acids is 1. The number of hydrogen-bond donors (Lipinski definition) is 0. The first kappa shape index (κ1) is 19.8. The molecule has 0 aliphatic carbocycles. The molecule has 0 unspecified atom stereocenters. The first-order chi connectivity index (χ1) is 14.0. The first-order valence-electron chi connectivity index (χ1n) is 10.8. The highest BCUT2D eigenvalue weighted by Crippen LogP contribution is 2.35. The Bertz CT molecular complexity index is 926. The van der Waals surface area contributed by atoms with Crippen molar-refractivity contribution in [3.63, 3.8) is 0 Å². The number of fused-ring (bicyclic) bond motifs is 1. The van der Waals surface area contributed by atoms with Gasteiger partial charge in [-0.1, -0.05) is 19.1 Å². The minimum absolute atomic E-state index is 0.291. The highest BCUT2D eigenvalue weighted by atomic mass is 16.2. The van der Waals surface area contributed by atoms with E-state index in [0.717, 1.165) is 56.3 Å². The quantitative estimate of drug-likeness (QED) is 0.800. The summed E-state index contributed by atoms with van der Waals surface area (Å²) in [7, 11) is 2.16. The number of rotatable bonds is 3. The minimum Gasteiger partial charge on any atom is -0.342 e. The number of carbonyl (C=O) groups is 1. The molecule has 3 heterocycles. The van der Waals surface area contributed by atoms with Crippen LogP contribution < -0.4 is 0 Å². The summed E-state index contributed by atoms with van der Waals surface area (Å²) in [6, 6.07) is 10.2. The summed E-state index contributed by atoms with van der Waals surface area (Å²) in [6.07, 6.45) is 5.74. The highest BCUT2D eigenvalue weighted by molar-refractivity contribution is 5.87. The van der Waals surface area contributed by atoms with Gasteiger partial charge in [0.2, 0.25) is 5.91 Å². The van der Waals surface area contributed by atoms with Crippen molar-refractivity contribution >= 4 is 16.8 Å². The molecule has 1 amide bonds. The average molecular weight is 391 g/mol. The molecule has 2 aromatic rings. The van der Waals surface area contributed by atoms with Crippen LogP contribution in [0.4, 0.5) is 0 Å². The summed E-state index contributed by atoms with van der Waals surface area (Å²) in [5.41, 5.74) is 2.61. The Morgan fingerprint density at radius 2 is 2.03 bits per heavy atom. The molecule has 0 saturated carbocycles. The van der Waals surface area contributed by atoms with E-state index in [9.17, 15) is 10.1 Å². The molecule has 2 fully saturated rings. The van der Waals surface area contributed by atoms with E-state index in [1.807, 2.05) is 12.1 Å². The van der Waals surface area contributed by atoms with Gasteiger partial charge in [0.15, 0.2) is 0 Å². The largest absolute Gasteiger partial charge is 0.342 e. The van der Waals surface area contributed by atoms with Crippen molar-refractivity contribution in [2.24, 2.45) is 11.8 Å². The molecule has 5 nitrogen and oxygen atoms in total. The van der Waals surface area contributed by atoms with Crippen molar-refractivity contribution in [1.29, 1.82) is 5.26 Å². The average Bonchev–Trinajstić information content (AvgIpc) is 2.74. The molecule has 5 heteroatoms. The number of amides is 1. The lowest BCUT2D eigenvalue weighted by molar-refractivity contribution is -0.134. The minimum atomic E-state index is 0.291. The zero-order valence-corrected chi connectivity index (χ0v) is 17.5. The van der Waals surface area contributed by atoms with Crippen LogP contribution >= 0.6 is 0 Å². The van der Waals surface area contributed by atoms with E-state index in [4.69, 9.17) is 0 Å². The summed E-state index contributed by atoms with van der Waals surface area (Å²) in [6.45, 7) is 6.06. The maximum Gasteiger partial charge on any atom is 0.222 e. The fourth-order valence-corrected chi connectivity index (χ4v) is 5.06. The summed E-state index contributed by atoms with van der Waals surface area (Å²) in [5, 5.41) is 10.5. The Kier molecular flexibility index (Phi) is 5.82. The van der Waals surface area contributed by atoms with Gasteiger partial charge in [-0.25, -0.2) is 0 Å². The fraction of sp³-hybridized carbons (Fsp3) is 0.542. The van der Waals surface area contributed by atoms with E-state index >= 15 is 0 Å². The summed E-state index contributed by atoms with van der Waals surface area (Å²) < 4.78 is 0. The van der Waals surface area contributed by atoms with Crippen molar-refractivity contribution < 1.29 is 4.79 Å². The van der Waals surface area contributed by atoms with Crippen LogP contribution in [0.3, 0.4) is 0 Å². The van der Waals surface area contributed by atoms with Crippen LogP contribution in [0.25, 0.3) is 10.9 Å². The Morgan fingerprint density at radius 1 is 1.24 bits per heavy atom. The van der Waals surface area contributed by atoms with Crippen molar-refractivity contribution in [1.82, 2.24) is 14.8 Å². The maximum absolute atomic E-state index is 13.1. The predicted molar refractivity (Wildman–Crippen MR) is 114 cm³/mol. The normalized spacial score (nSPS) is 23.8. The third kappa shape index (κ3) is 4.28. The fourth-order valence-electron chi connectivity index (χ4n) is 5.06. The lowest BCUT2D eigenvalue weighted by Crippen LogP contribution is -2.43. The van der Waals surface area contributed by atoms with Gasteiger partial charge in [-0.15, -0.1) is 0 Å². The molecule has 0 radical (unpaired) electrons. The van der Waals surface area contributed by atoms with Crippen LogP contribution in [0.5, 0.6) is 0 Å². The smallest absolute Gasteiger partial charge is 0.222 e. The molecule has 0 bridgehead atoms. The summed E-state index contributed by atoms with van der Waals surface area (Å²) in [5.74, 6) is 1.60. The van der Waals surface area contributed by atoms with E-state index in [1.54, 1.807) is 6.20 Å². The van der Waals surface area contributed by atoms with Gasteiger partial charge in [0.05, 0.1) is 11.1 Å². The number of piperidine rings is 2. The highest BCUT2D eigenvalue weighted by Gasteiger charge is 2.31. The summed E-state index contributed by atoms with van der Waals surface area (Å²) >= 11 is 0. The lowest BCUT2D eigenvalue weighted by atomic mass is 9.83. The van der Waals surface area contributed by atoms with Gasteiger partial charge < -0.3 is 9.80 Å². The monoisotopic (exact) mass is 390 g/mol. The Labute approximate surface area is 173 Å². The van der Waals surface area contributed by atoms with Crippen LogP contribution in [0.2, 0.25) is 0 Å². The van der Waals surface area contributed by atoms with Gasteiger partial charge in [-0.05, 0) is 68.9 Å². The zero-order valence-electron chi connectivity index (χ0n) is 17.5. The second-order valence-electron chi connectivity index (χ2n) is 9.00. The number of hydrogen-bond acceptors (Lipinski definition) is 4. The van der Waals surface area contributed by atoms with Crippen LogP contribution in [-0.2, 0) is 4.79 Å². The molecule has 0 N–H and O–H groups in total. The molecule has 2 atom stereocenters. The summed E-state index contributed by atoms with van der Waals surface area (Å²) in [4.78, 5) is 22.0. The second-order valence-corrected chi connectivity index (χ2v) is 9.00. The predicted octanol–water partition coefficient (Wildman–Crippen LogP) is 3.79. The molecule has 1 aromatic heterocycles. The molecule has 152 valence electrons. The molecule has 0 spiro atoms. The number of pyridine rings is 1. The van der Waals surface area contributed by atoms with E-state index in [0.29, 0.717) is 35.6 Å². The molecular weight excluding hydrogens is 360 g/mol. The molecule has 4 rings (SSSR count). The number of nitriles is 1. The Hall–Kier alpha value is -2.45. The van der Waals surface area contributed by atoms with Crippen molar-refractivity contribution in [2.45, 2.75) is 38.5 Å². The molecule has 29 heavy (non-hydrogen) atoms. The number of benzene rings is 1. The molecule has 1 aromatic carbocycles. The van der Waals surface area contributed by atoms with Crippen LogP contribution in [0.15, 0.2) is 30.5 Å². The Morgan fingerprint density at radius 3 is 2.79 bits per heavy atom. The van der Waals surface area contributed by atoms with E-state index in [1.165, 1.54) is 5.56 Å². The van der Waals surface area contributed by atoms with Gasteiger partial charge in [-0.3, -0.25) is 9.78 Å². The van der Waals surface area contributed by atoms with E-state index in [2.05, 4.69) is 47.0 Å². The van der Waals surface area contributed by atoms with Crippen molar-refractivity contribution in [3.8, 4) is 6.07 Å². The SMILES string of the molecule is C[C@H]1C[C@@H](c2ccc(C#N)c3ncccc23)CN(C(=O)CC2CCN(C)CC2)C1. The molecular formula is C24H30N4O. The van der Waals surface area contributed by atoms with Crippen LogP contribution in [0.1, 0.15) is 49.7 Å². The Balaban J connectivity index is 1.53. The first-order valence-corrected chi connectivity index (χ1v) is 10.8. The van der Waals surface area contributed by atoms with Crippen LogP contribution in [-0.4, -0.2) is 53.9 Å². The molecule has 2 saturated heterocycles. The van der Waals surface area contributed by atoms with Crippen molar-refractivity contribution in [2.75, 3.05) is 33.2 Å². The third-order valence-corrected chi connectivity index (χ3v) is 6.68. The third-order valence-electron chi connectivity index (χ3n) is 6.68. The van der Waals surface area contributed by atoms with Gasteiger partial charge in [-0.2, -0.15) is 5.26 Å². The standard InChI is InChI=1S/C24H30N4O/c1-17-12-20(21-6-5-19(14-25)24-22(21)4-3-9-26-24)16-28(15-17)23(29)13-18-7-10-27(2)11-8-18/h3-6,9,17-18,20H,7-8,10-13,15-16H2,1-2H3/t17-,20+/m0/s1. The van der Waals surface area contributed by atoms with Gasteiger partial charge in [0.25, 0.3) is 0 Å². The second kappa shape index (κ2) is 8.51. The van der Waals surface area contributed by atoms with Gasteiger partial charge in [0.1, 0.15) is 6.07 Å². The van der Waals surface area contributed by atoms with Gasteiger partial charge >= 0.3 is 0 Å². The van der Waals surface area contributed by atoms with Crippen LogP contribution in [0, 0.1) is 23.2 Å². The van der Waals surface area contributed by atoms with Gasteiger partial charge in [0, 0.05) is 37.0 Å². The zero-order chi connectivity index (χ0) is 20.4.